The van der Waals surface area contributed by atoms with Gasteiger partial charge in [0.15, 0.2) is 0 Å². The van der Waals surface area contributed by atoms with Crippen LogP contribution in [0.4, 0.5) is 0 Å². The fraction of sp³-hybridized carbons (Fsp3) is 1.00. The minimum Gasteiger partial charge on any atom is -0.412 e. The molecule has 0 aliphatic carbocycles. The lowest BCUT2D eigenvalue weighted by Crippen LogP contribution is -2.40. The summed E-state index contributed by atoms with van der Waals surface area (Å²) in [7, 11) is 2.21. The highest BCUT2D eigenvalue weighted by molar-refractivity contribution is 6.59. The van der Waals surface area contributed by atoms with Crippen molar-refractivity contribution >= 4 is 17.6 Å². The van der Waals surface area contributed by atoms with E-state index in [1.807, 2.05) is 13.5 Å². The Morgan fingerprint density at radius 1 is 0.842 bits per heavy atom. The summed E-state index contributed by atoms with van der Waals surface area (Å²) in [6.45, 7) is 5.97. The molecule has 19 heavy (non-hydrogen) atoms. The summed E-state index contributed by atoms with van der Waals surface area (Å²) in [6.07, 6.45) is 0. The zero-order valence-corrected chi connectivity index (χ0v) is 15.1. The lowest BCUT2D eigenvalue weighted by atomic mass is 10.9. The molecule has 0 radical (unpaired) electrons. The molecule has 8 nitrogen and oxygen atoms in total. The van der Waals surface area contributed by atoms with E-state index in [-0.39, 0.29) is 5.48 Å². The first-order valence-corrected chi connectivity index (χ1v) is 9.81. The fourth-order valence-corrected chi connectivity index (χ4v) is 1.64. The molecule has 0 aliphatic heterocycles. The number of rotatable bonds is 6. The van der Waals surface area contributed by atoms with Gasteiger partial charge in [0.2, 0.25) is 0 Å². The van der Waals surface area contributed by atoms with Crippen molar-refractivity contribution in [3.05, 3.63) is 0 Å². The van der Waals surface area contributed by atoms with Crippen molar-refractivity contribution in [3.63, 3.8) is 0 Å². The quantitative estimate of drug-likeness (QED) is 0.633. The van der Waals surface area contributed by atoms with E-state index in [1.54, 1.807) is 20.8 Å². The van der Waals surface area contributed by atoms with E-state index in [4.69, 9.17) is 23.2 Å². The van der Waals surface area contributed by atoms with Gasteiger partial charge in [-0.15, -0.1) is 0 Å². The maximum atomic E-state index is 8.83. The molecule has 4 N–H and O–H groups in total. The van der Waals surface area contributed by atoms with Crippen molar-refractivity contribution in [2.24, 2.45) is 0 Å². The lowest BCUT2D eigenvalue weighted by Gasteiger charge is -2.20. The predicted molar refractivity (Wildman–Crippen MR) is 76.9 cm³/mol. The van der Waals surface area contributed by atoms with Crippen LogP contribution in [0.5, 0.6) is 0 Å². The van der Waals surface area contributed by atoms with Gasteiger partial charge in [0.05, 0.1) is 0 Å². The molecule has 0 bridgehead atoms. The van der Waals surface area contributed by atoms with E-state index in [0.717, 1.165) is 7.11 Å². The average molecular weight is 323 g/mol. The second-order valence-electron chi connectivity index (χ2n) is 3.01. The summed E-state index contributed by atoms with van der Waals surface area (Å²) in [6, 6.07) is 0. The molecular weight excluding hydrogens is 292 g/mol. The maximum absolute atomic E-state index is 8.83. The van der Waals surface area contributed by atoms with Gasteiger partial charge in [0.25, 0.3) is 0 Å². The van der Waals surface area contributed by atoms with Crippen LogP contribution >= 0.6 is 0 Å². The Morgan fingerprint density at radius 2 is 1.16 bits per heavy atom. The third kappa shape index (κ3) is 18.1. The molecule has 0 saturated heterocycles. The van der Waals surface area contributed by atoms with Crippen LogP contribution in [0.2, 0.25) is 13.1 Å². The monoisotopic (exact) mass is 322 g/mol. The van der Waals surface area contributed by atoms with Gasteiger partial charge in [-0.3, -0.25) is 0 Å². The molecule has 0 unspecified atom stereocenters. The Balaban J connectivity index is -0.000000102. The van der Waals surface area contributed by atoms with Gasteiger partial charge in [-0.05, 0) is 6.92 Å². The first kappa shape index (κ1) is 27.5. The molecule has 122 valence electrons. The number of hydrogen-bond donors (Lipinski definition) is 2. The van der Waals surface area contributed by atoms with Gasteiger partial charge in [0.1, 0.15) is 0 Å². The summed E-state index contributed by atoms with van der Waals surface area (Å²) in [5.41, 5.74) is 0. The molecule has 0 fully saturated rings. The van der Waals surface area contributed by atoms with Crippen LogP contribution in [0.15, 0.2) is 0 Å². The average Bonchev–Trinajstić information content (AvgIpc) is 2.42. The Labute approximate surface area is 118 Å². The molecular formula is C9H30O8Si2. The van der Waals surface area contributed by atoms with E-state index >= 15 is 0 Å². The fourth-order valence-electron chi connectivity index (χ4n) is 0.547. The minimum absolute atomic E-state index is 0. The SMILES string of the molecule is CCO[Si](C)(OC)OC.CO.CO[Si](C)(O)OC.O. The number of aliphatic hydroxyl groups is 1. The molecule has 10 heteroatoms. The van der Waals surface area contributed by atoms with E-state index < -0.39 is 17.6 Å². The summed E-state index contributed by atoms with van der Waals surface area (Å²) < 4.78 is 24.4. The molecule has 0 spiro atoms. The van der Waals surface area contributed by atoms with Crippen LogP contribution in [0, 0.1) is 0 Å². The molecule has 0 rings (SSSR count). The van der Waals surface area contributed by atoms with E-state index in [2.05, 4.69) is 8.85 Å². The third-order valence-corrected chi connectivity index (χ3v) is 5.72. The Hall–Kier alpha value is 0.114. The van der Waals surface area contributed by atoms with Gasteiger partial charge >= 0.3 is 17.6 Å². The van der Waals surface area contributed by atoms with Gasteiger partial charge in [0, 0.05) is 55.2 Å². The van der Waals surface area contributed by atoms with Crippen LogP contribution in [-0.2, 0) is 22.1 Å². The van der Waals surface area contributed by atoms with Gasteiger partial charge in [-0.1, -0.05) is 0 Å². The molecule has 0 amide bonds. The smallest absolute Gasteiger partial charge is 0.412 e. The van der Waals surface area contributed by atoms with E-state index in [0.29, 0.717) is 6.61 Å². The van der Waals surface area contributed by atoms with Crippen LogP contribution in [0.1, 0.15) is 6.92 Å². The molecule has 0 atom stereocenters. The predicted octanol–water partition coefficient (Wildman–Crippen LogP) is -0.492. The minimum atomic E-state index is -2.65. The number of hydrogen-bond acceptors (Lipinski definition) is 7. The van der Waals surface area contributed by atoms with Crippen molar-refractivity contribution in [3.8, 4) is 0 Å². The highest BCUT2D eigenvalue weighted by Crippen LogP contribution is 2.04. The summed E-state index contributed by atoms with van der Waals surface area (Å²) >= 11 is 0. The summed E-state index contributed by atoms with van der Waals surface area (Å²) in [4.78, 5) is 8.83. The molecule has 0 saturated carbocycles. The van der Waals surface area contributed by atoms with Gasteiger partial charge < -0.3 is 37.5 Å². The van der Waals surface area contributed by atoms with Crippen molar-refractivity contribution in [1.82, 2.24) is 0 Å². The van der Waals surface area contributed by atoms with Crippen LogP contribution in [-0.4, -0.2) is 75.1 Å². The highest BCUT2D eigenvalue weighted by Gasteiger charge is 2.30. The third-order valence-electron chi connectivity index (χ3n) is 1.91. The summed E-state index contributed by atoms with van der Waals surface area (Å²) in [5.74, 6) is 0. The van der Waals surface area contributed by atoms with Gasteiger partial charge in [-0.2, -0.15) is 0 Å². The molecule has 0 aliphatic rings. The Bertz CT molecular complexity index is 160. The molecule has 0 aromatic heterocycles. The first-order chi connectivity index (χ1) is 8.30. The normalized spacial score (nSPS) is 10.4. The van der Waals surface area contributed by atoms with Crippen molar-refractivity contribution in [2.75, 3.05) is 42.2 Å². The Kier molecular flexibility index (Phi) is 23.4. The lowest BCUT2D eigenvalue weighted by molar-refractivity contribution is 0.111. The zero-order valence-electron chi connectivity index (χ0n) is 13.1. The van der Waals surface area contributed by atoms with Crippen molar-refractivity contribution < 1.29 is 37.5 Å². The Morgan fingerprint density at radius 3 is 1.21 bits per heavy atom. The van der Waals surface area contributed by atoms with Crippen LogP contribution in [0.3, 0.4) is 0 Å². The summed E-state index contributed by atoms with van der Waals surface area (Å²) in [5, 5.41) is 7.00. The van der Waals surface area contributed by atoms with Crippen LogP contribution < -0.4 is 0 Å². The van der Waals surface area contributed by atoms with Gasteiger partial charge in [-0.25, -0.2) is 0 Å². The second-order valence-corrected chi connectivity index (χ2v) is 8.45. The zero-order chi connectivity index (χ0) is 15.2. The van der Waals surface area contributed by atoms with E-state index in [9.17, 15) is 0 Å². The molecule has 0 aromatic rings. The van der Waals surface area contributed by atoms with E-state index in [1.165, 1.54) is 14.2 Å². The molecule has 0 heterocycles. The largest absolute Gasteiger partial charge is 0.497 e. The van der Waals surface area contributed by atoms with Crippen molar-refractivity contribution in [2.45, 2.75) is 20.0 Å². The highest BCUT2D eigenvalue weighted by atomic mass is 28.4. The first-order valence-electron chi connectivity index (χ1n) is 5.32. The second kappa shape index (κ2) is 16.2. The van der Waals surface area contributed by atoms with Crippen molar-refractivity contribution in [1.29, 1.82) is 0 Å². The molecule has 0 aromatic carbocycles. The topological polar surface area (TPSA) is 118 Å². The standard InChI is InChI=1S/C5H14O3Si.C3H10O3Si.CH4O.H2O/c1-5-8-9(4,6-2)7-3;1-5-7(3,4)6-2;1-2;/h5H2,1-4H3;4H,1-3H3;2H,1H3;1H2. The maximum Gasteiger partial charge on any atom is 0.497 e. The number of aliphatic hydroxyl groups excluding tert-OH is 1. The van der Waals surface area contributed by atoms with Crippen LogP contribution in [0.25, 0.3) is 0 Å².